The molecule has 1 saturated carbocycles. The summed E-state index contributed by atoms with van der Waals surface area (Å²) < 4.78 is 5.33. The fourth-order valence-corrected chi connectivity index (χ4v) is 3.28. The molecule has 4 rings (SSSR count). The van der Waals surface area contributed by atoms with E-state index < -0.39 is 6.04 Å². The fraction of sp³-hybridized carbons (Fsp3) is 0.500. The third-order valence-corrected chi connectivity index (χ3v) is 4.82. The van der Waals surface area contributed by atoms with Crippen molar-refractivity contribution in [2.45, 2.75) is 31.3 Å². The highest BCUT2D eigenvalue weighted by Crippen LogP contribution is 2.29. The molecule has 1 aromatic rings. The Morgan fingerprint density at radius 2 is 2.15 bits per heavy atom. The maximum Gasteiger partial charge on any atom is 0.262 e. The lowest BCUT2D eigenvalue weighted by atomic mass is 10.1. The molecule has 1 saturated heterocycles. The molecule has 3 amide bonds. The first-order chi connectivity index (χ1) is 12.6. The number of carbonyl (C=O) groups excluding carboxylic acids is 3. The lowest BCUT2D eigenvalue weighted by Gasteiger charge is -2.35. The molecule has 138 valence electrons. The number of nitrogens with zero attached hydrogens (tertiary/aromatic N) is 1. The summed E-state index contributed by atoms with van der Waals surface area (Å²) in [5.74, 6) is 0.217. The summed E-state index contributed by atoms with van der Waals surface area (Å²) >= 11 is 0. The van der Waals surface area contributed by atoms with Crippen LogP contribution in [0.1, 0.15) is 18.4 Å². The minimum Gasteiger partial charge on any atom is -0.482 e. The van der Waals surface area contributed by atoms with Crippen molar-refractivity contribution in [3.05, 3.63) is 23.8 Å². The van der Waals surface area contributed by atoms with Crippen molar-refractivity contribution in [1.29, 1.82) is 0 Å². The number of amides is 3. The second-order valence-corrected chi connectivity index (χ2v) is 6.93. The molecular weight excluding hydrogens is 336 g/mol. The number of nitrogens with one attached hydrogen (secondary N) is 3. The number of hydrogen-bond donors (Lipinski definition) is 3. The molecule has 3 N–H and O–H groups in total. The predicted octanol–water partition coefficient (Wildman–Crippen LogP) is -0.361. The fourth-order valence-electron chi connectivity index (χ4n) is 3.28. The Morgan fingerprint density at radius 1 is 1.31 bits per heavy atom. The van der Waals surface area contributed by atoms with Crippen LogP contribution < -0.4 is 20.7 Å². The van der Waals surface area contributed by atoms with Crippen LogP contribution >= 0.6 is 0 Å². The number of hydrogen-bond acceptors (Lipinski definition) is 5. The Balaban J connectivity index is 1.45. The van der Waals surface area contributed by atoms with Gasteiger partial charge in [-0.25, -0.2) is 0 Å². The Morgan fingerprint density at radius 3 is 2.96 bits per heavy atom. The maximum atomic E-state index is 12.8. The van der Waals surface area contributed by atoms with E-state index in [0.717, 1.165) is 18.4 Å². The van der Waals surface area contributed by atoms with Crippen LogP contribution in [0.15, 0.2) is 18.2 Å². The Bertz CT molecular complexity index is 747. The minimum atomic E-state index is -0.475. The lowest BCUT2D eigenvalue weighted by molar-refractivity contribution is -0.141. The van der Waals surface area contributed by atoms with Crippen LogP contribution in [0.4, 0.5) is 5.69 Å². The minimum absolute atomic E-state index is 0.00381. The Hall–Kier alpha value is -2.61. The Labute approximate surface area is 151 Å². The van der Waals surface area contributed by atoms with E-state index in [0.29, 0.717) is 31.1 Å². The van der Waals surface area contributed by atoms with E-state index in [2.05, 4.69) is 16.0 Å². The summed E-state index contributed by atoms with van der Waals surface area (Å²) in [6.45, 7) is 1.65. The molecule has 2 aliphatic heterocycles. The zero-order valence-electron chi connectivity index (χ0n) is 14.4. The van der Waals surface area contributed by atoms with Gasteiger partial charge in [0, 0.05) is 25.7 Å². The molecule has 26 heavy (non-hydrogen) atoms. The molecule has 3 aliphatic rings. The quantitative estimate of drug-likeness (QED) is 0.683. The van der Waals surface area contributed by atoms with Crippen molar-refractivity contribution in [1.82, 2.24) is 15.5 Å². The van der Waals surface area contributed by atoms with Crippen LogP contribution in [-0.4, -0.2) is 60.9 Å². The molecule has 1 atom stereocenters. The first kappa shape index (κ1) is 16.8. The van der Waals surface area contributed by atoms with Crippen LogP contribution in [0.2, 0.25) is 0 Å². The van der Waals surface area contributed by atoms with Gasteiger partial charge in [0.1, 0.15) is 11.8 Å². The summed E-state index contributed by atoms with van der Waals surface area (Å²) in [6, 6.07) is 5.12. The number of carbonyl (C=O) groups is 3. The molecule has 2 fully saturated rings. The molecule has 1 aromatic carbocycles. The zero-order valence-corrected chi connectivity index (χ0v) is 14.4. The average Bonchev–Trinajstić information content (AvgIpc) is 3.45. The summed E-state index contributed by atoms with van der Waals surface area (Å²) in [7, 11) is 0. The van der Waals surface area contributed by atoms with E-state index in [-0.39, 0.29) is 36.8 Å². The highest BCUT2D eigenvalue weighted by atomic mass is 16.5. The molecular formula is C18H22N4O4. The van der Waals surface area contributed by atoms with Gasteiger partial charge in [0.15, 0.2) is 6.61 Å². The molecule has 2 heterocycles. The third kappa shape index (κ3) is 3.65. The van der Waals surface area contributed by atoms with Gasteiger partial charge >= 0.3 is 0 Å². The molecule has 0 radical (unpaired) electrons. The number of anilines is 1. The van der Waals surface area contributed by atoms with Crippen molar-refractivity contribution in [3.8, 4) is 5.75 Å². The molecule has 0 unspecified atom stereocenters. The molecule has 8 heteroatoms. The summed E-state index contributed by atoms with van der Waals surface area (Å²) in [5.41, 5.74) is 1.36. The van der Waals surface area contributed by atoms with Gasteiger partial charge in [0.2, 0.25) is 11.8 Å². The van der Waals surface area contributed by atoms with Crippen LogP contribution in [0.25, 0.3) is 0 Å². The van der Waals surface area contributed by atoms with Gasteiger partial charge in [-0.3, -0.25) is 14.4 Å². The van der Waals surface area contributed by atoms with E-state index in [4.69, 9.17) is 4.74 Å². The standard InChI is InChI=1S/C18H22N4O4/c23-16-10-26-15-4-1-11(7-13(15)21-16)8-17(24)22-6-5-19-9-14(22)18(25)20-12-2-3-12/h1,4,7,12,14,19H,2-3,5-6,8-10H2,(H,20,25)(H,21,23)/t14-/m1/s1. The second kappa shape index (κ2) is 6.95. The van der Waals surface area contributed by atoms with Crippen LogP contribution in [0.3, 0.4) is 0 Å². The van der Waals surface area contributed by atoms with Gasteiger partial charge < -0.3 is 25.6 Å². The smallest absolute Gasteiger partial charge is 0.262 e. The van der Waals surface area contributed by atoms with Gasteiger partial charge in [-0.05, 0) is 30.5 Å². The largest absolute Gasteiger partial charge is 0.482 e. The molecule has 0 spiro atoms. The average molecular weight is 358 g/mol. The van der Waals surface area contributed by atoms with Gasteiger partial charge in [0.25, 0.3) is 5.91 Å². The van der Waals surface area contributed by atoms with Crippen LogP contribution in [-0.2, 0) is 20.8 Å². The number of fused-ring (bicyclic) bond motifs is 1. The highest BCUT2D eigenvalue weighted by Gasteiger charge is 2.34. The first-order valence-electron chi connectivity index (χ1n) is 8.96. The number of rotatable bonds is 4. The zero-order chi connectivity index (χ0) is 18.1. The third-order valence-electron chi connectivity index (χ3n) is 4.82. The summed E-state index contributed by atoms with van der Waals surface area (Å²) in [6.07, 6.45) is 2.21. The van der Waals surface area contributed by atoms with E-state index in [1.807, 2.05) is 6.07 Å². The van der Waals surface area contributed by atoms with E-state index >= 15 is 0 Å². The van der Waals surface area contributed by atoms with E-state index in [1.165, 1.54) is 0 Å². The Kier molecular flexibility index (Phi) is 4.50. The SMILES string of the molecule is O=C1COc2ccc(CC(=O)N3CCNC[C@@H]3C(=O)NC3CC3)cc2N1. The van der Waals surface area contributed by atoms with Crippen LogP contribution in [0.5, 0.6) is 5.75 Å². The van der Waals surface area contributed by atoms with Crippen molar-refractivity contribution in [3.63, 3.8) is 0 Å². The van der Waals surface area contributed by atoms with Crippen LogP contribution in [0, 0.1) is 0 Å². The molecule has 0 bridgehead atoms. The van der Waals surface area contributed by atoms with E-state index in [9.17, 15) is 14.4 Å². The molecule has 8 nitrogen and oxygen atoms in total. The first-order valence-corrected chi connectivity index (χ1v) is 8.96. The monoisotopic (exact) mass is 358 g/mol. The number of benzene rings is 1. The predicted molar refractivity (Wildman–Crippen MR) is 93.8 cm³/mol. The van der Waals surface area contributed by atoms with Crippen molar-refractivity contribution in [2.75, 3.05) is 31.6 Å². The van der Waals surface area contributed by atoms with Gasteiger partial charge in [0.05, 0.1) is 12.1 Å². The van der Waals surface area contributed by atoms with Crippen molar-refractivity contribution in [2.24, 2.45) is 0 Å². The molecule has 0 aromatic heterocycles. The second-order valence-electron chi connectivity index (χ2n) is 6.93. The van der Waals surface area contributed by atoms with Gasteiger partial charge in [-0.2, -0.15) is 0 Å². The number of piperazine rings is 1. The summed E-state index contributed by atoms with van der Waals surface area (Å²) in [5, 5.41) is 8.91. The highest BCUT2D eigenvalue weighted by molar-refractivity contribution is 5.95. The molecule has 1 aliphatic carbocycles. The van der Waals surface area contributed by atoms with Crippen molar-refractivity contribution < 1.29 is 19.1 Å². The van der Waals surface area contributed by atoms with Gasteiger partial charge in [-0.15, -0.1) is 0 Å². The van der Waals surface area contributed by atoms with Gasteiger partial charge in [-0.1, -0.05) is 6.07 Å². The number of ether oxygens (including phenoxy) is 1. The maximum absolute atomic E-state index is 12.8. The van der Waals surface area contributed by atoms with Crippen molar-refractivity contribution >= 4 is 23.4 Å². The summed E-state index contributed by atoms with van der Waals surface area (Å²) in [4.78, 5) is 38.4. The van der Waals surface area contributed by atoms with E-state index in [1.54, 1.807) is 17.0 Å². The normalized spacial score (nSPS) is 22.1. The topological polar surface area (TPSA) is 99.8 Å². The lowest BCUT2D eigenvalue weighted by Crippen LogP contribution is -2.60.